The SMILES string of the molecule is C=Nc1ccccc1NC/C(=C/C(=O)c1ccc(N2CC(C)N(CCO)C(C)C2)nc1)N(C)N=C.CN. The molecule has 1 aliphatic heterocycles. The topological polar surface area (TPSA) is 123 Å². The number of pyridine rings is 1. The van der Waals surface area contributed by atoms with Gasteiger partial charge in [0.2, 0.25) is 0 Å². The lowest BCUT2D eigenvalue weighted by molar-refractivity contribution is 0.102. The molecule has 4 N–H and O–H groups in total. The van der Waals surface area contributed by atoms with E-state index in [9.17, 15) is 9.90 Å². The number of hydrazone groups is 1. The summed E-state index contributed by atoms with van der Waals surface area (Å²) in [5.41, 5.74) is 7.19. The third-order valence-electron chi connectivity index (χ3n) is 6.28. The number of benzene rings is 1. The van der Waals surface area contributed by atoms with Gasteiger partial charge in [0.05, 0.1) is 30.2 Å². The quantitative estimate of drug-likeness (QED) is 0.183. The predicted molar refractivity (Wildman–Crippen MR) is 153 cm³/mol. The molecule has 0 saturated carbocycles. The standard InChI is InChI=1S/C26H35N7O2.CH5N/c1-19-17-32(18-20(2)33(19)12-13-34)26-11-10-21(15-30-26)25(35)14-22(31(5)28-4)16-29-24-9-7-6-8-23(24)27-3;1-2/h6-11,14-15,19-20,29,34H,3-4,12-13,16-18H2,1-2,5H3;2H2,1H3/b22-14-;. The zero-order chi connectivity index (χ0) is 27.4. The number of carbonyl (C=O) groups is 1. The minimum Gasteiger partial charge on any atom is -0.395 e. The van der Waals surface area contributed by atoms with E-state index in [0.717, 1.165) is 30.3 Å². The molecule has 37 heavy (non-hydrogen) atoms. The van der Waals surface area contributed by atoms with Gasteiger partial charge in [0.15, 0.2) is 5.78 Å². The maximum Gasteiger partial charge on any atom is 0.189 e. The van der Waals surface area contributed by atoms with Crippen LogP contribution in [0.15, 0.2) is 64.5 Å². The van der Waals surface area contributed by atoms with Crippen molar-refractivity contribution in [2.45, 2.75) is 25.9 Å². The Kier molecular flexibility index (Phi) is 11.9. The minimum atomic E-state index is -0.166. The second-order valence-electron chi connectivity index (χ2n) is 8.66. The summed E-state index contributed by atoms with van der Waals surface area (Å²) in [7, 11) is 3.24. The van der Waals surface area contributed by atoms with Crippen LogP contribution in [0.2, 0.25) is 0 Å². The Hall–Kier alpha value is -3.60. The summed E-state index contributed by atoms with van der Waals surface area (Å²) < 4.78 is 0. The van der Waals surface area contributed by atoms with Crippen LogP contribution in [0.25, 0.3) is 0 Å². The van der Waals surface area contributed by atoms with Crippen LogP contribution in [-0.2, 0) is 0 Å². The van der Waals surface area contributed by atoms with Crippen LogP contribution in [0.5, 0.6) is 0 Å². The van der Waals surface area contributed by atoms with Crippen molar-refractivity contribution < 1.29 is 9.90 Å². The number of piperazine rings is 1. The first-order valence-corrected chi connectivity index (χ1v) is 12.3. The average Bonchev–Trinajstić information content (AvgIpc) is 2.93. The minimum absolute atomic E-state index is 0.156. The third-order valence-corrected chi connectivity index (χ3v) is 6.28. The van der Waals surface area contributed by atoms with Crippen molar-refractivity contribution in [1.82, 2.24) is 14.9 Å². The Bertz CT molecular complexity index is 1040. The number of para-hydroxylation sites is 2. The number of aliphatic imine (C=N–C) groups is 1. The molecule has 2 heterocycles. The maximum absolute atomic E-state index is 13.0. The van der Waals surface area contributed by atoms with Gasteiger partial charge < -0.3 is 21.1 Å². The number of rotatable bonds is 11. The fourth-order valence-corrected chi connectivity index (χ4v) is 4.35. The molecule has 10 nitrogen and oxygen atoms in total. The molecular formula is C27H40N8O2. The number of nitrogens with two attached hydrogens (primary N) is 1. The van der Waals surface area contributed by atoms with Crippen LogP contribution in [0.1, 0.15) is 24.2 Å². The van der Waals surface area contributed by atoms with Crippen molar-refractivity contribution in [2.24, 2.45) is 15.8 Å². The number of carbonyl (C=O) groups excluding carboxylic acids is 1. The molecular weight excluding hydrogens is 468 g/mol. The van der Waals surface area contributed by atoms with E-state index >= 15 is 0 Å². The van der Waals surface area contributed by atoms with Crippen LogP contribution >= 0.6 is 0 Å². The van der Waals surface area contributed by atoms with E-state index in [1.807, 2.05) is 30.3 Å². The number of nitrogens with one attached hydrogen (secondary N) is 1. The molecule has 2 unspecified atom stereocenters. The van der Waals surface area contributed by atoms with Crippen molar-refractivity contribution in [2.75, 3.05) is 57.1 Å². The number of ketones is 1. The number of aliphatic hydroxyl groups is 1. The molecule has 1 aromatic carbocycles. The number of hydrogen-bond donors (Lipinski definition) is 3. The molecule has 2 aromatic rings. The van der Waals surface area contributed by atoms with E-state index in [4.69, 9.17) is 0 Å². The van der Waals surface area contributed by atoms with Crippen molar-refractivity contribution in [3.05, 3.63) is 59.9 Å². The summed E-state index contributed by atoms with van der Waals surface area (Å²) in [6.45, 7) is 14.3. The number of nitrogens with zero attached hydrogens (tertiary/aromatic N) is 6. The first kappa shape index (κ1) is 29.6. The van der Waals surface area contributed by atoms with Gasteiger partial charge >= 0.3 is 0 Å². The summed E-state index contributed by atoms with van der Waals surface area (Å²) in [6.07, 6.45) is 3.16. The fourth-order valence-electron chi connectivity index (χ4n) is 4.35. The van der Waals surface area contributed by atoms with Gasteiger partial charge in [-0.1, -0.05) is 12.1 Å². The van der Waals surface area contributed by atoms with E-state index in [0.29, 0.717) is 36.4 Å². The highest BCUT2D eigenvalue weighted by Gasteiger charge is 2.29. The van der Waals surface area contributed by atoms with Crippen LogP contribution < -0.4 is 16.0 Å². The van der Waals surface area contributed by atoms with Gasteiger partial charge in [-0.05, 0) is 51.9 Å². The molecule has 1 fully saturated rings. The van der Waals surface area contributed by atoms with Crippen molar-refractivity contribution in [3.63, 3.8) is 0 Å². The summed E-state index contributed by atoms with van der Waals surface area (Å²) in [4.78, 5) is 26.1. The lowest BCUT2D eigenvalue weighted by Crippen LogP contribution is -2.57. The normalized spacial score (nSPS) is 17.9. The third kappa shape index (κ3) is 7.94. The Morgan fingerprint density at radius 1 is 1.22 bits per heavy atom. The van der Waals surface area contributed by atoms with Crippen LogP contribution in [0.4, 0.5) is 17.2 Å². The first-order valence-electron chi connectivity index (χ1n) is 12.3. The van der Waals surface area contributed by atoms with Gasteiger partial charge in [0, 0.05) is 63.3 Å². The van der Waals surface area contributed by atoms with E-state index in [1.54, 1.807) is 30.4 Å². The second kappa shape index (κ2) is 14.8. The molecule has 2 atom stereocenters. The van der Waals surface area contributed by atoms with Gasteiger partial charge in [-0.2, -0.15) is 5.10 Å². The molecule has 0 spiro atoms. The summed E-state index contributed by atoms with van der Waals surface area (Å²) in [6, 6.07) is 11.9. The Morgan fingerprint density at radius 3 is 2.46 bits per heavy atom. The molecule has 0 radical (unpaired) electrons. The molecule has 1 aromatic heterocycles. The zero-order valence-electron chi connectivity index (χ0n) is 22.3. The number of likely N-dealkylation sites (N-methyl/N-ethyl adjacent to an activating group) is 1. The Labute approximate surface area is 220 Å². The van der Waals surface area contributed by atoms with Gasteiger partial charge in [-0.15, -0.1) is 0 Å². The lowest BCUT2D eigenvalue weighted by atomic mass is 10.1. The molecule has 10 heteroatoms. The molecule has 3 rings (SSSR count). The highest BCUT2D eigenvalue weighted by Crippen LogP contribution is 2.24. The monoisotopic (exact) mass is 508 g/mol. The smallest absolute Gasteiger partial charge is 0.189 e. The first-order chi connectivity index (χ1) is 17.9. The molecule has 0 bridgehead atoms. The molecule has 1 saturated heterocycles. The lowest BCUT2D eigenvalue weighted by Gasteiger charge is -2.44. The highest BCUT2D eigenvalue weighted by molar-refractivity contribution is 6.04. The van der Waals surface area contributed by atoms with Crippen molar-refractivity contribution in [3.8, 4) is 0 Å². The maximum atomic E-state index is 13.0. The molecule has 1 aliphatic rings. The predicted octanol–water partition coefficient (Wildman–Crippen LogP) is 2.61. The van der Waals surface area contributed by atoms with Crippen molar-refractivity contribution in [1.29, 1.82) is 0 Å². The largest absolute Gasteiger partial charge is 0.395 e. The van der Waals surface area contributed by atoms with Gasteiger partial charge in [-0.3, -0.25) is 19.7 Å². The molecule has 0 amide bonds. The van der Waals surface area contributed by atoms with E-state index in [2.05, 4.69) is 63.2 Å². The zero-order valence-corrected chi connectivity index (χ0v) is 22.3. The van der Waals surface area contributed by atoms with E-state index < -0.39 is 0 Å². The average molecular weight is 509 g/mol. The molecule has 200 valence electrons. The van der Waals surface area contributed by atoms with E-state index in [-0.39, 0.29) is 12.4 Å². The Morgan fingerprint density at radius 2 is 1.89 bits per heavy atom. The fraction of sp³-hybridized carbons (Fsp3) is 0.407. The van der Waals surface area contributed by atoms with Gasteiger partial charge in [-0.25, -0.2) is 4.98 Å². The number of allylic oxidation sites excluding steroid dienone is 1. The summed E-state index contributed by atoms with van der Waals surface area (Å²) >= 11 is 0. The number of β-amino-alcohol motifs (C(OH)–C–C–N with tert-alkyl or cyclic N) is 1. The van der Waals surface area contributed by atoms with Gasteiger partial charge in [0.1, 0.15) is 5.82 Å². The highest BCUT2D eigenvalue weighted by atomic mass is 16.3. The summed E-state index contributed by atoms with van der Waals surface area (Å²) in [5.74, 6) is 0.675. The van der Waals surface area contributed by atoms with Crippen LogP contribution in [0.3, 0.4) is 0 Å². The summed E-state index contributed by atoms with van der Waals surface area (Å²) in [5, 5.41) is 18.1. The number of aliphatic hydroxyl groups excluding tert-OH is 1. The second-order valence-corrected chi connectivity index (χ2v) is 8.66. The van der Waals surface area contributed by atoms with E-state index in [1.165, 1.54) is 7.05 Å². The number of anilines is 2. The number of hydrogen-bond acceptors (Lipinski definition) is 10. The van der Waals surface area contributed by atoms with Crippen LogP contribution in [-0.4, -0.2) is 98.2 Å². The van der Waals surface area contributed by atoms with Crippen molar-refractivity contribution >= 4 is 36.4 Å². The number of aromatic nitrogens is 1. The Balaban J connectivity index is 0.00000235. The van der Waals surface area contributed by atoms with Gasteiger partial charge in [0.25, 0.3) is 0 Å². The van der Waals surface area contributed by atoms with Crippen LogP contribution in [0, 0.1) is 0 Å². The molecule has 0 aliphatic carbocycles.